The standard InChI is InChI=1S/C11H11ClN2O/c1-2-9-8(6-12)7-13-11(14-9)10-4-3-5-15-10/h3-5,7H,2,6H2,1H3. The first kappa shape index (κ1) is 10.2. The van der Waals surface area contributed by atoms with E-state index in [4.69, 9.17) is 16.0 Å². The van der Waals surface area contributed by atoms with E-state index in [1.165, 1.54) is 0 Å². The SMILES string of the molecule is CCc1nc(-c2ccco2)ncc1CCl. The van der Waals surface area contributed by atoms with Crippen molar-refractivity contribution < 1.29 is 4.42 Å². The molecule has 0 aliphatic carbocycles. The van der Waals surface area contributed by atoms with Crippen LogP contribution in [0.25, 0.3) is 11.6 Å². The van der Waals surface area contributed by atoms with Gasteiger partial charge >= 0.3 is 0 Å². The van der Waals surface area contributed by atoms with Crippen molar-refractivity contribution in [2.24, 2.45) is 0 Å². The molecule has 0 N–H and O–H groups in total. The lowest BCUT2D eigenvalue weighted by molar-refractivity contribution is 0.576. The average molecular weight is 223 g/mol. The second-order valence-corrected chi connectivity index (χ2v) is 3.40. The summed E-state index contributed by atoms with van der Waals surface area (Å²) >= 11 is 5.78. The van der Waals surface area contributed by atoms with E-state index in [-0.39, 0.29) is 0 Å². The molecule has 2 rings (SSSR count). The first-order valence-corrected chi connectivity index (χ1v) is 5.33. The number of hydrogen-bond donors (Lipinski definition) is 0. The molecule has 0 bridgehead atoms. The van der Waals surface area contributed by atoms with Crippen LogP contribution in [0.4, 0.5) is 0 Å². The summed E-state index contributed by atoms with van der Waals surface area (Å²) in [6.45, 7) is 2.05. The van der Waals surface area contributed by atoms with Crippen molar-refractivity contribution in [3.63, 3.8) is 0 Å². The largest absolute Gasteiger partial charge is 0.461 e. The number of aryl methyl sites for hydroxylation is 1. The van der Waals surface area contributed by atoms with Gasteiger partial charge in [-0.2, -0.15) is 0 Å². The molecule has 0 unspecified atom stereocenters. The molecular formula is C11H11ClN2O. The number of furan rings is 1. The Bertz CT molecular complexity index is 440. The summed E-state index contributed by atoms with van der Waals surface area (Å²) in [7, 11) is 0. The van der Waals surface area contributed by atoms with Crippen LogP contribution in [0, 0.1) is 0 Å². The molecule has 0 aromatic carbocycles. The zero-order valence-electron chi connectivity index (χ0n) is 8.40. The van der Waals surface area contributed by atoms with E-state index in [0.717, 1.165) is 17.7 Å². The maximum Gasteiger partial charge on any atom is 0.195 e. The third-order valence-electron chi connectivity index (χ3n) is 2.17. The topological polar surface area (TPSA) is 38.9 Å². The number of halogens is 1. The highest BCUT2D eigenvalue weighted by atomic mass is 35.5. The highest BCUT2D eigenvalue weighted by Gasteiger charge is 2.08. The van der Waals surface area contributed by atoms with Crippen LogP contribution < -0.4 is 0 Å². The van der Waals surface area contributed by atoms with E-state index in [1.807, 2.05) is 19.1 Å². The number of rotatable bonds is 3. The fraction of sp³-hybridized carbons (Fsp3) is 0.273. The summed E-state index contributed by atoms with van der Waals surface area (Å²) in [5, 5.41) is 0. The third kappa shape index (κ3) is 2.02. The highest BCUT2D eigenvalue weighted by molar-refractivity contribution is 6.17. The average Bonchev–Trinajstić information content (AvgIpc) is 2.81. The Hall–Kier alpha value is -1.35. The Balaban J connectivity index is 2.43. The molecule has 0 radical (unpaired) electrons. The van der Waals surface area contributed by atoms with E-state index in [0.29, 0.717) is 17.5 Å². The Kier molecular flexibility index (Phi) is 3.02. The molecule has 2 aromatic rings. The monoisotopic (exact) mass is 222 g/mol. The summed E-state index contributed by atoms with van der Waals surface area (Å²) in [4.78, 5) is 8.63. The fourth-order valence-corrected chi connectivity index (χ4v) is 1.61. The van der Waals surface area contributed by atoms with Gasteiger partial charge in [0, 0.05) is 17.5 Å². The first-order valence-electron chi connectivity index (χ1n) is 4.79. The second kappa shape index (κ2) is 4.45. The Morgan fingerprint density at radius 3 is 2.93 bits per heavy atom. The van der Waals surface area contributed by atoms with Crippen molar-refractivity contribution >= 4 is 11.6 Å². The van der Waals surface area contributed by atoms with Crippen LogP contribution in [-0.4, -0.2) is 9.97 Å². The van der Waals surface area contributed by atoms with Gasteiger partial charge < -0.3 is 4.42 Å². The lowest BCUT2D eigenvalue weighted by Crippen LogP contribution is -1.98. The summed E-state index contributed by atoms with van der Waals surface area (Å²) in [6, 6.07) is 3.66. The van der Waals surface area contributed by atoms with Crippen LogP contribution >= 0.6 is 11.6 Å². The van der Waals surface area contributed by atoms with E-state index < -0.39 is 0 Å². The van der Waals surface area contributed by atoms with Gasteiger partial charge in [-0.15, -0.1) is 11.6 Å². The molecule has 0 aliphatic heterocycles. The van der Waals surface area contributed by atoms with Crippen molar-refractivity contribution in [2.75, 3.05) is 0 Å². The highest BCUT2D eigenvalue weighted by Crippen LogP contribution is 2.17. The quantitative estimate of drug-likeness (QED) is 0.750. The molecule has 0 spiro atoms. The van der Waals surface area contributed by atoms with Gasteiger partial charge in [-0.1, -0.05) is 6.92 Å². The summed E-state index contributed by atoms with van der Waals surface area (Å²) in [6.07, 6.45) is 4.22. The molecule has 3 nitrogen and oxygen atoms in total. The molecule has 4 heteroatoms. The van der Waals surface area contributed by atoms with Gasteiger partial charge in [-0.25, -0.2) is 9.97 Å². The van der Waals surface area contributed by atoms with Gasteiger partial charge in [-0.05, 0) is 18.6 Å². The van der Waals surface area contributed by atoms with Crippen LogP contribution in [-0.2, 0) is 12.3 Å². The molecule has 2 heterocycles. The van der Waals surface area contributed by atoms with Gasteiger partial charge in [0.2, 0.25) is 0 Å². The van der Waals surface area contributed by atoms with Gasteiger partial charge in [0.1, 0.15) is 0 Å². The summed E-state index contributed by atoms with van der Waals surface area (Å²) < 4.78 is 5.23. The Labute approximate surface area is 93.1 Å². The predicted molar refractivity (Wildman–Crippen MR) is 58.7 cm³/mol. The predicted octanol–water partition coefficient (Wildman–Crippen LogP) is 3.04. The minimum atomic E-state index is 0.446. The molecule has 78 valence electrons. The van der Waals surface area contributed by atoms with E-state index in [9.17, 15) is 0 Å². The lowest BCUT2D eigenvalue weighted by atomic mass is 10.2. The number of nitrogens with zero attached hydrogens (tertiary/aromatic N) is 2. The van der Waals surface area contributed by atoms with Gasteiger partial charge in [0.25, 0.3) is 0 Å². The minimum absolute atomic E-state index is 0.446. The van der Waals surface area contributed by atoms with Crippen molar-refractivity contribution in [1.29, 1.82) is 0 Å². The minimum Gasteiger partial charge on any atom is -0.461 e. The molecule has 0 fully saturated rings. The number of alkyl halides is 1. The third-order valence-corrected chi connectivity index (χ3v) is 2.46. The number of aromatic nitrogens is 2. The van der Waals surface area contributed by atoms with Gasteiger partial charge in [-0.3, -0.25) is 0 Å². The normalized spacial score (nSPS) is 10.5. The zero-order valence-corrected chi connectivity index (χ0v) is 9.16. The summed E-state index contributed by atoms with van der Waals surface area (Å²) in [5.41, 5.74) is 1.96. The molecule has 15 heavy (non-hydrogen) atoms. The molecule has 0 aliphatic rings. The number of hydrogen-bond acceptors (Lipinski definition) is 3. The molecule has 2 aromatic heterocycles. The van der Waals surface area contributed by atoms with E-state index >= 15 is 0 Å². The van der Waals surface area contributed by atoms with Crippen molar-refractivity contribution in [2.45, 2.75) is 19.2 Å². The fourth-order valence-electron chi connectivity index (χ4n) is 1.38. The van der Waals surface area contributed by atoms with Crippen molar-refractivity contribution in [3.05, 3.63) is 35.9 Å². The van der Waals surface area contributed by atoms with Gasteiger partial charge in [0.05, 0.1) is 12.1 Å². The van der Waals surface area contributed by atoms with Crippen molar-refractivity contribution in [1.82, 2.24) is 9.97 Å². The second-order valence-electron chi connectivity index (χ2n) is 3.13. The smallest absolute Gasteiger partial charge is 0.195 e. The van der Waals surface area contributed by atoms with E-state index in [2.05, 4.69) is 9.97 Å². The Morgan fingerprint density at radius 2 is 2.33 bits per heavy atom. The van der Waals surface area contributed by atoms with Crippen LogP contribution in [0.2, 0.25) is 0 Å². The first-order chi connectivity index (χ1) is 7.35. The summed E-state index contributed by atoms with van der Waals surface area (Å²) in [5.74, 6) is 1.75. The van der Waals surface area contributed by atoms with Crippen LogP contribution in [0.5, 0.6) is 0 Å². The molecular weight excluding hydrogens is 212 g/mol. The van der Waals surface area contributed by atoms with Crippen LogP contribution in [0.3, 0.4) is 0 Å². The zero-order chi connectivity index (χ0) is 10.7. The Morgan fingerprint density at radius 1 is 1.47 bits per heavy atom. The maximum atomic E-state index is 5.78. The van der Waals surface area contributed by atoms with Crippen molar-refractivity contribution in [3.8, 4) is 11.6 Å². The van der Waals surface area contributed by atoms with Crippen LogP contribution in [0.15, 0.2) is 29.0 Å². The molecule has 0 saturated heterocycles. The van der Waals surface area contributed by atoms with Gasteiger partial charge in [0.15, 0.2) is 11.6 Å². The molecule has 0 atom stereocenters. The lowest BCUT2D eigenvalue weighted by Gasteiger charge is -2.04. The maximum absolute atomic E-state index is 5.78. The van der Waals surface area contributed by atoms with Crippen LogP contribution in [0.1, 0.15) is 18.2 Å². The molecule has 0 saturated carbocycles. The van der Waals surface area contributed by atoms with E-state index in [1.54, 1.807) is 12.5 Å². The molecule has 0 amide bonds.